The van der Waals surface area contributed by atoms with Crippen molar-refractivity contribution in [1.82, 2.24) is 5.32 Å². The largest absolute Gasteiger partial charge is 0.329 e. The summed E-state index contributed by atoms with van der Waals surface area (Å²) in [7, 11) is -2.87. The first-order chi connectivity index (χ1) is 7.05. The molecule has 2 aliphatic rings. The lowest BCUT2D eigenvalue weighted by molar-refractivity contribution is 0.228. The first kappa shape index (κ1) is 11.4. The Hall–Kier alpha value is -0.130. The van der Waals surface area contributed by atoms with E-state index in [1.54, 1.807) is 0 Å². The third-order valence-corrected chi connectivity index (χ3v) is 5.52. The second-order valence-electron chi connectivity index (χ2n) is 4.95. The normalized spacial score (nSPS) is 36.1. The Bertz CT molecular complexity index is 324. The maximum atomic E-state index is 11.6. The fourth-order valence-corrected chi connectivity index (χ4v) is 4.43. The fourth-order valence-electron chi connectivity index (χ4n) is 2.52. The molecule has 0 aromatic carbocycles. The van der Waals surface area contributed by atoms with Crippen molar-refractivity contribution in [2.75, 3.05) is 18.1 Å². The highest BCUT2D eigenvalue weighted by Crippen LogP contribution is 2.27. The van der Waals surface area contributed by atoms with E-state index in [2.05, 4.69) is 5.32 Å². The maximum Gasteiger partial charge on any atom is 0.152 e. The summed E-state index contributed by atoms with van der Waals surface area (Å²) in [6.45, 7) is 0.433. The number of rotatable bonds is 3. The van der Waals surface area contributed by atoms with Gasteiger partial charge in [0.05, 0.1) is 11.5 Å². The minimum atomic E-state index is -2.87. The van der Waals surface area contributed by atoms with Crippen LogP contribution in [0.4, 0.5) is 0 Å². The average molecular weight is 232 g/mol. The summed E-state index contributed by atoms with van der Waals surface area (Å²) in [6, 6.07) is 0.502. The van der Waals surface area contributed by atoms with E-state index < -0.39 is 9.84 Å². The third-order valence-electron chi connectivity index (χ3n) is 3.61. The highest BCUT2D eigenvalue weighted by molar-refractivity contribution is 7.91. The predicted molar refractivity (Wildman–Crippen MR) is 60.4 cm³/mol. The minimum absolute atomic E-state index is 0.229. The fraction of sp³-hybridized carbons (Fsp3) is 1.00. The van der Waals surface area contributed by atoms with Gasteiger partial charge in [-0.1, -0.05) is 6.42 Å². The van der Waals surface area contributed by atoms with Gasteiger partial charge in [0.25, 0.3) is 0 Å². The van der Waals surface area contributed by atoms with Crippen LogP contribution in [0.15, 0.2) is 0 Å². The van der Waals surface area contributed by atoms with Crippen molar-refractivity contribution in [3.05, 3.63) is 0 Å². The van der Waals surface area contributed by atoms with Crippen LogP contribution in [0.2, 0.25) is 0 Å². The number of nitrogens with two attached hydrogens (primary N) is 1. The van der Waals surface area contributed by atoms with E-state index in [9.17, 15) is 8.42 Å². The Morgan fingerprint density at radius 1 is 1.33 bits per heavy atom. The van der Waals surface area contributed by atoms with Gasteiger partial charge in [-0.15, -0.1) is 0 Å². The Morgan fingerprint density at radius 3 is 2.53 bits per heavy atom. The van der Waals surface area contributed by atoms with Crippen molar-refractivity contribution in [1.29, 1.82) is 0 Å². The summed E-state index contributed by atoms with van der Waals surface area (Å²) in [4.78, 5) is 0. The molecule has 5 heteroatoms. The number of nitrogens with one attached hydrogen (secondary N) is 1. The molecule has 0 amide bonds. The van der Waals surface area contributed by atoms with E-state index >= 15 is 0 Å². The van der Waals surface area contributed by atoms with Crippen LogP contribution in [0.5, 0.6) is 0 Å². The lowest BCUT2D eigenvalue weighted by Gasteiger charge is -2.42. The summed E-state index contributed by atoms with van der Waals surface area (Å²) in [5.74, 6) is 0.564. The SMILES string of the molecule is NCC1(NC2CCC2)CCCS(=O)(=O)C1. The maximum absolute atomic E-state index is 11.6. The summed E-state index contributed by atoms with van der Waals surface area (Å²) in [5, 5.41) is 3.47. The van der Waals surface area contributed by atoms with Crippen LogP contribution in [0.1, 0.15) is 32.1 Å². The van der Waals surface area contributed by atoms with Gasteiger partial charge in [0.2, 0.25) is 0 Å². The lowest BCUT2D eigenvalue weighted by Crippen LogP contribution is -2.62. The zero-order valence-corrected chi connectivity index (χ0v) is 9.85. The first-order valence-electron chi connectivity index (χ1n) is 5.73. The predicted octanol–water partition coefficient (Wildman–Crippen LogP) is 0.0346. The van der Waals surface area contributed by atoms with Crippen LogP contribution in [0.25, 0.3) is 0 Å². The molecule has 2 rings (SSSR count). The Kier molecular flexibility index (Phi) is 3.05. The van der Waals surface area contributed by atoms with Crippen molar-refractivity contribution >= 4 is 9.84 Å². The van der Waals surface area contributed by atoms with Gasteiger partial charge in [0.15, 0.2) is 9.84 Å². The number of sulfone groups is 1. The molecule has 3 N–H and O–H groups in total. The Balaban J connectivity index is 2.05. The molecule has 1 saturated heterocycles. The molecule has 1 aliphatic heterocycles. The highest BCUT2D eigenvalue weighted by Gasteiger charge is 2.39. The molecule has 0 radical (unpaired) electrons. The monoisotopic (exact) mass is 232 g/mol. The van der Waals surface area contributed by atoms with E-state index in [-0.39, 0.29) is 11.3 Å². The van der Waals surface area contributed by atoms with Gasteiger partial charge in [0, 0.05) is 18.1 Å². The molecular weight excluding hydrogens is 212 g/mol. The smallest absolute Gasteiger partial charge is 0.152 e. The van der Waals surface area contributed by atoms with Crippen molar-refractivity contribution in [2.45, 2.75) is 43.7 Å². The Morgan fingerprint density at radius 2 is 2.07 bits per heavy atom. The van der Waals surface area contributed by atoms with Gasteiger partial charge in [-0.25, -0.2) is 8.42 Å². The van der Waals surface area contributed by atoms with Gasteiger partial charge in [-0.05, 0) is 25.7 Å². The second-order valence-corrected chi connectivity index (χ2v) is 7.14. The average Bonchev–Trinajstić information content (AvgIpc) is 2.10. The molecule has 15 heavy (non-hydrogen) atoms. The van der Waals surface area contributed by atoms with Crippen LogP contribution in [-0.4, -0.2) is 38.0 Å². The Labute approximate surface area is 91.5 Å². The molecule has 0 aromatic rings. The molecule has 0 spiro atoms. The zero-order chi connectivity index (χ0) is 10.9. The van der Waals surface area contributed by atoms with E-state index in [1.165, 1.54) is 19.3 Å². The van der Waals surface area contributed by atoms with Crippen molar-refractivity contribution in [3.8, 4) is 0 Å². The molecule has 1 heterocycles. The van der Waals surface area contributed by atoms with Gasteiger partial charge >= 0.3 is 0 Å². The lowest BCUT2D eigenvalue weighted by atomic mass is 9.87. The van der Waals surface area contributed by atoms with Crippen molar-refractivity contribution in [2.24, 2.45) is 5.73 Å². The molecule has 1 atom stereocenters. The number of hydrogen-bond acceptors (Lipinski definition) is 4. The van der Waals surface area contributed by atoms with Crippen LogP contribution < -0.4 is 11.1 Å². The van der Waals surface area contributed by atoms with Crippen LogP contribution in [0.3, 0.4) is 0 Å². The summed E-state index contributed by atoms with van der Waals surface area (Å²) in [5.41, 5.74) is 5.43. The van der Waals surface area contributed by atoms with Gasteiger partial charge in [0.1, 0.15) is 0 Å². The van der Waals surface area contributed by atoms with Crippen LogP contribution >= 0.6 is 0 Å². The molecular formula is C10H20N2O2S. The van der Waals surface area contributed by atoms with E-state index in [0.717, 1.165) is 12.8 Å². The minimum Gasteiger partial charge on any atom is -0.329 e. The van der Waals surface area contributed by atoms with E-state index in [0.29, 0.717) is 18.3 Å². The van der Waals surface area contributed by atoms with E-state index in [1.807, 2.05) is 0 Å². The third kappa shape index (κ3) is 2.52. The molecule has 0 bridgehead atoms. The van der Waals surface area contributed by atoms with E-state index in [4.69, 9.17) is 5.73 Å². The molecule has 2 fully saturated rings. The van der Waals surface area contributed by atoms with Crippen LogP contribution in [0, 0.1) is 0 Å². The molecule has 4 nitrogen and oxygen atoms in total. The molecule has 0 aromatic heterocycles. The summed E-state index contributed by atoms with van der Waals surface area (Å²) in [6.07, 6.45) is 5.24. The summed E-state index contributed by atoms with van der Waals surface area (Å²) < 4.78 is 23.2. The zero-order valence-electron chi connectivity index (χ0n) is 9.04. The molecule has 1 unspecified atom stereocenters. The van der Waals surface area contributed by atoms with Crippen molar-refractivity contribution in [3.63, 3.8) is 0 Å². The highest BCUT2D eigenvalue weighted by atomic mass is 32.2. The van der Waals surface area contributed by atoms with Gasteiger partial charge in [-0.2, -0.15) is 0 Å². The topological polar surface area (TPSA) is 72.2 Å². The quantitative estimate of drug-likeness (QED) is 0.720. The molecule has 88 valence electrons. The second kappa shape index (κ2) is 4.03. The first-order valence-corrected chi connectivity index (χ1v) is 7.56. The molecule has 1 aliphatic carbocycles. The number of hydrogen-bond donors (Lipinski definition) is 2. The standard InChI is InChI=1S/C10H20N2O2S/c11-7-10(12-9-3-1-4-9)5-2-6-15(13,14)8-10/h9,12H,1-8,11H2. The van der Waals surface area contributed by atoms with Crippen molar-refractivity contribution < 1.29 is 8.42 Å². The molecule has 1 saturated carbocycles. The van der Waals surface area contributed by atoms with Gasteiger partial charge in [-0.3, -0.25) is 0 Å². The summed E-state index contributed by atoms with van der Waals surface area (Å²) >= 11 is 0. The van der Waals surface area contributed by atoms with Gasteiger partial charge < -0.3 is 11.1 Å². The van der Waals surface area contributed by atoms with Crippen LogP contribution in [-0.2, 0) is 9.84 Å².